The van der Waals surface area contributed by atoms with Crippen LogP contribution in [0.1, 0.15) is 65.2 Å². The van der Waals surface area contributed by atoms with E-state index in [0.29, 0.717) is 6.54 Å². The number of ether oxygens (including phenoxy) is 1. The van der Waals surface area contributed by atoms with Gasteiger partial charge < -0.3 is 15.2 Å². The third-order valence-corrected chi connectivity index (χ3v) is 2.95. The van der Waals surface area contributed by atoms with Crippen molar-refractivity contribution in [2.45, 2.75) is 71.3 Å². The van der Waals surface area contributed by atoms with Crippen molar-refractivity contribution in [1.29, 1.82) is 0 Å². The second-order valence-electron chi connectivity index (χ2n) is 5.08. The highest BCUT2D eigenvalue weighted by Crippen LogP contribution is 2.06. The lowest BCUT2D eigenvalue weighted by molar-refractivity contribution is -1.92. The fourth-order valence-corrected chi connectivity index (χ4v) is 1.75. The summed E-state index contributed by atoms with van der Waals surface area (Å²) in [6.45, 7) is 4.40. The van der Waals surface area contributed by atoms with Crippen LogP contribution in [-0.2, 0) is 9.53 Å². The van der Waals surface area contributed by atoms with Crippen molar-refractivity contribution in [2.24, 2.45) is 0 Å². The summed E-state index contributed by atoms with van der Waals surface area (Å²) in [4.78, 5) is 22.0. The monoisotopic (exact) mass is 373 g/mol. The largest absolute Gasteiger partial charge is 0.479 e. The van der Waals surface area contributed by atoms with Gasteiger partial charge in [-0.2, -0.15) is 14.0 Å². The fraction of sp³-hybridized carbons (Fsp3) is 0.857. The van der Waals surface area contributed by atoms with Crippen LogP contribution in [0.3, 0.4) is 0 Å². The number of carbonyl (C=O) groups excluding carboxylic acids is 1. The van der Waals surface area contributed by atoms with Crippen LogP contribution in [0.15, 0.2) is 0 Å². The highest BCUT2D eigenvalue weighted by atomic mass is 35.7. The van der Waals surface area contributed by atoms with Gasteiger partial charge in [-0.1, -0.05) is 52.4 Å². The molecule has 1 amide bonds. The van der Waals surface area contributed by atoms with Crippen LogP contribution in [0, 0.1) is 10.2 Å². The number of alkyl carbamates (subject to hydrolysis) is 1. The van der Waals surface area contributed by atoms with Crippen molar-refractivity contribution in [3.8, 4) is 0 Å². The Hall–Kier alpha value is -1.13. The van der Waals surface area contributed by atoms with Crippen LogP contribution in [0.25, 0.3) is 0 Å². The highest BCUT2D eigenvalue weighted by molar-refractivity contribution is 5.77. The minimum atomic E-state index is -4.69. The number of hydrogen-bond donors (Lipinski definition) is 3. The molecule has 0 aromatic heterocycles. The van der Waals surface area contributed by atoms with Gasteiger partial charge in [-0.05, 0) is 12.8 Å². The third kappa shape index (κ3) is 23.1. The van der Waals surface area contributed by atoms with Crippen LogP contribution in [0.4, 0.5) is 4.79 Å². The second-order valence-corrected chi connectivity index (χ2v) is 5.88. The first-order chi connectivity index (χ1) is 11.1. The molecular formula is C14H28ClNO8. The van der Waals surface area contributed by atoms with Crippen molar-refractivity contribution in [3.63, 3.8) is 0 Å². The van der Waals surface area contributed by atoms with E-state index in [0.717, 1.165) is 12.8 Å². The van der Waals surface area contributed by atoms with Gasteiger partial charge in [0.25, 0.3) is 0 Å². The maximum atomic E-state index is 11.3. The number of carbonyl (C=O) groups is 2. The minimum absolute atomic E-state index is 0.278. The maximum absolute atomic E-state index is 11.3. The molecule has 24 heavy (non-hydrogen) atoms. The lowest BCUT2D eigenvalue weighted by Crippen LogP contribution is -2.58. The van der Waals surface area contributed by atoms with E-state index in [1.165, 1.54) is 32.1 Å². The number of carboxylic acids is 1. The normalized spacial score (nSPS) is 11.9. The van der Waals surface area contributed by atoms with Gasteiger partial charge >= 0.3 is 12.1 Å². The summed E-state index contributed by atoms with van der Waals surface area (Å²) in [6, 6.07) is 0. The lowest BCUT2D eigenvalue weighted by Gasteiger charge is -2.12. The number of carboxylic acid groups (broad SMARTS) is 1. The summed E-state index contributed by atoms with van der Waals surface area (Å²) >= 11 is 0. The summed E-state index contributed by atoms with van der Waals surface area (Å²) in [5.41, 5.74) is 0. The Morgan fingerprint density at radius 2 is 1.50 bits per heavy atom. The van der Waals surface area contributed by atoms with Crippen LogP contribution < -0.4 is 19.3 Å². The summed E-state index contributed by atoms with van der Waals surface area (Å²) in [5.74, 6) is -1.10. The lowest BCUT2D eigenvalue weighted by atomic mass is 10.1. The standard InChI is InChI=1S/C14H27NO4.ClHO4/c1-3-5-6-7-8-9-10-11-15-14(18)19-12(4-2)13(16)17;2-1(3,4)5/h12H,3-11H2,1-2H3,(H,15,18)(H,16,17);(H,2,3,4,5). The van der Waals surface area contributed by atoms with Crippen molar-refractivity contribution < 1.29 is 48.3 Å². The number of amides is 1. The fourth-order valence-electron chi connectivity index (χ4n) is 1.75. The quantitative estimate of drug-likeness (QED) is 0.396. The van der Waals surface area contributed by atoms with E-state index in [1.54, 1.807) is 6.92 Å². The molecule has 1 atom stereocenters. The maximum Gasteiger partial charge on any atom is 0.407 e. The van der Waals surface area contributed by atoms with Crippen LogP contribution in [-0.4, -0.2) is 34.5 Å². The number of aliphatic carboxylic acids is 1. The Balaban J connectivity index is 0. The summed E-state index contributed by atoms with van der Waals surface area (Å²) in [7, 11) is -4.69. The van der Waals surface area contributed by atoms with E-state index < -0.39 is 28.4 Å². The summed E-state index contributed by atoms with van der Waals surface area (Å²) < 4.78 is 37.5. The van der Waals surface area contributed by atoms with Crippen LogP contribution >= 0.6 is 0 Å². The number of halogens is 1. The number of hydrogen-bond acceptors (Lipinski definition) is 7. The molecule has 0 saturated carbocycles. The molecule has 3 N–H and O–H groups in total. The molecule has 1 unspecified atom stereocenters. The molecule has 0 bridgehead atoms. The Morgan fingerprint density at radius 3 is 1.92 bits per heavy atom. The zero-order chi connectivity index (χ0) is 19.0. The molecule has 0 aliphatic heterocycles. The van der Waals surface area contributed by atoms with Crippen LogP contribution in [0.2, 0.25) is 0 Å². The predicted molar refractivity (Wildman–Crippen MR) is 76.4 cm³/mol. The SMILES string of the molecule is CCCCCCCCCNC(=O)OC(CC)C(=O)O.[O-][Cl+3]([O-])([O-])O. The molecule has 0 spiro atoms. The smallest absolute Gasteiger partial charge is 0.407 e. The van der Waals surface area contributed by atoms with Gasteiger partial charge in [0.15, 0.2) is 6.10 Å². The minimum Gasteiger partial charge on any atom is -0.479 e. The van der Waals surface area contributed by atoms with Gasteiger partial charge in [0.05, 0.1) is 14.9 Å². The van der Waals surface area contributed by atoms with E-state index in [1.807, 2.05) is 0 Å². The van der Waals surface area contributed by atoms with E-state index >= 15 is 0 Å². The Kier molecular flexibility index (Phi) is 16.1. The first kappa shape index (κ1) is 25.1. The molecule has 0 fully saturated rings. The van der Waals surface area contributed by atoms with Crippen molar-refractivity contribution >= 4 is 12.1 Å². The van der Waals surface area contributed by atoms with Crippen molar-refractivity contribution in [1.82, 2.24) is 5.32 Å². The Bertz CT molecular complexity index is 329. The molecule has 10 heteroatoms. The highest BCUT2D eigenvalue weighted by Gasteiger charge is 2.19. The van der Waals surface area contributed by atoms with Gasteiger partial charge in [-0.15, -0.1) is 0 Å². The van der Waals surface area contributed by atoms with E-state index in [4.69, 9.17) is 28.5 Å². The van der Waals surface area contributed by atoms with Crippen LogP contribution in [0.5, 0.6) is 0 Å². The predicted octanol–water partition coefficient (Wildman–Crippen LogP) is -0.798. The topological polar surface area (TPSA) is 165 Å². The average Bonchev–Trinajstić information content (AvgIpc) is 2.45. The second kappa shape index (κ2) is 15.4. The van der Waals surface area contributed by atoms with E-state index in [9.17, 15) is 9.59 Å². The molecule has 0 radical (unpaired) electrons. The average molecular weight is 374 g/mol. The molecule has 0 saturated heterocycles. The summed E-state index contributed by atoms with van der Waals surface area (Å²) in [5, 5.41) is 11.3. The van der Waals surface area contributed by atoms with Crippen molar-refractivity contribution in [3.05, 3.63) is 0 Å². The Morgan fingerprint density at radius 1 is 1.04 bits per heavy atom. The molecule has 0 aliphatic carbocycles. The molecule has 9 nitrogen and oxygen atoms in total. The molecular weight excluding hydrogens is 346 g/mol. The first-order valence-electron chi connectivity index (χ1n) is 7.92. The third-order valence-electron chi connectivity index (χ3n) is 2.95. The van der Waals surface area contributed by atoms with Gasteiger partial charge in [0, 0.05) is 6.54 Å². The van der Waals surface area contributed by atoms with E-state index in [-0.39, 0.29) is 6.42 Å². The molecule has 0 rings (SSSR count). The molecule has 0 aliphatic rings. The first-order valence-corrected chi connectivity index (χ1v) is 9.18. The molecule has 144 valence electrons. The van der Waals surface area contributed by atoms with E-state index in [2.05, 4.69) is 12.2 Å². The number of nitrogens with one attached hydrogen (secondary N) is 1. The van der Waals surface area contributed by atoms with Gasteiger partial charge in [0.1, 0.15) is 0 Å². The molecule has 0 aromatic rings. The zero-order valence-corrected chi connectivity index (χ0v) is 14.9. The summed E-state index contributed by atoms with van der Waals surface area (Å²) in [6.07, 6.45) is 6.83. The molecule has 0 aromatic carbocycles. The Labute approximate surface area is 144 Å². The van der Waals surface area contributed by atoms with Crippen molar-refractivity contribution in [2.75, 3.05) is 6.54 Å². The van der Waals surface area contributed by atoms with Gasteiger partial charge in [-0.25, -0.2) is 9.59 Å². The molecule has 0 heterocycles. The van der Waals surface area contributed by atoms with Gasteiger partial charge in [-0.3, -0.25) is 0 Å². The zero-order valence-electron chi connectivity index (χ0n) is 14.2. The number of rotatable bonds is 11. The number of unbranched alkanes of at least 4 members (excludes halogenated alkanes) is 6. The van der Waals surface area contributed by atoms with Gasteiger partial charge in [0.2, 0.25) is 0 Å².